The summed E-state index contributed by atoms with van der Waals surface area (Å²) in [6.45, 7) is 5.88. The first kappa shape index (κ1) is 22.7. The summed E-state index contributed by atoms with van der Waals surface area (Å²) in [5.41, 5.74) is 3.93. The zero-order chi connectivity index (χ0) is 17.1. The molecular formula is C18H30IN3O2. The lowest BCUT2D eigenvalue weighted by Gasteiger charge is -2.12. The van der Waals surface area contributed by atoms with Crippen molar-refractivity contribution < 1.29 is 9.53 Å². The highest BCUT2D eigenvalue weighted by atomic mass is 127. The Morgan fingerprint density at radius 3 is 2.29 bits per heavy atom. The molecule has 5 nitrogen and oxygen atoms in total. The molecule has 0 amide bonds. The van der Waals surface area contributed by atoms with E-state index >= 15 is 0 Å². The van der Waals surface area contributed by atoms with Crippen molar-refractivity contribution in [2.45, 2.75) is 39.5 Å². The number of nitrogens with one attached hydrogen (secondary N) is 2. The Balaban J connectivity index is 0.00000529. The average Bonchev–Trinajstić information content (AvgIpc) is 2.51. The third-order valence-corrected chi connectivity index (χ3v) is 3.54. The molecule has 6 heteroatoms. The van der Waals surface area contributed by atoms with Gasteiger partial charge in [-0.2, -0.15) is 0 Å². The second-order valence-corrected chi connectivity index (χ2v) is 5.70. The second kappa shape index (κ2) is 13.0. The molecule has 2 N–H and O–H groups in total. The van der Waals surface area contributed by atoms with Gasteiger partial charge >= 0.3 is 5.97 Å². The Kier molecular flexibility index (Phi) is 12.3. The predicted molar refractivity (Wildman–Crippen MR) is 110 cm³/mol. The van der Waals surface area contributed by atoms with Crippen LogP contribution in [-0.2, 0) is 16.0 Å². The number of methoxy groups -OCH3 is 1. The number of ether oxygens (including phenoxy) is 1. The Hall–Kier alpha value is -1.31. The molecule has 0 spiro atoms. The van der Waals surface area contributed by atoms with Gasteiger partial charge in [-0.05, 0) is 38.7 Å². The van der Waals surface area contributed by atoms with Crippen LogP contribution < -0.4 is 10.6 Å². The molecule has 1 aromatic carbocycles. The van der Waals surface area contributed by atoms with Gasteiger partial charge in [-0.1, -0.05) is 29.3 Å². The zero-order valence-corrected chi connectivity index (χ0v) is 17.5. The number of hydrogen-bond acceptors (Lipinski definition) is 3. The SMILES string of the molecule is CN=C(NCCCCC(=O)OC)NCCc1cc(C)cc(C)c1.I. The number of aryl methyl sites for hydroxylation is 2. The van der Waals surface area contributed by atoms with E-state index in [1.165, 1.54) is 23.8 Å². The van der Waals surface area contributed by atoms with Gasteiger partial charge in [0.2, 0.25) is 0 Å². The van der Waals surface area contributed by atoms with Crippen molar-refractivity contribution in [3.8, 4) is 0 Å². The maximum atomic E-state index is 11.0. The lowest BCUT2D eigenvalue weighted by Crippen LogP contribution is -2.38. The highest BCUT2D eigenvalue weighted by molar-refractivity contribution is 14.0. The van der Waals surface area contributed by atoms with Crippen LogP contribution in [-0.4, -0.2) is 39.2 Å². The van der Waals surface area contributed by atoms with Gasteiger partial charge in [-0.15, -0.1) is 24.0 Å². The van der Waals surface area contributed by atoms with E-state index in [0.717, 1.165) is 38.3 Å². The van der Waals surface area contributed by atoms with Crippen LogP contribution in [0, 0.1) is 13.8 Å². The van der Waals surface area contributed by atoms with Gasteiger partial charge in [0.05, 0.1) is 7.11 Å². The van der Waals surface area contributed by atoms with E-state index in [2.05, 4.69) is 52.4 Å². The van der Waals surface area contributed by atoms with E-state index in [1.807, 2.05) is 0 Å². The van der Waals surface area contributed by atoms with Gasteiger partial charge in [-0.3, -0.25) is 9.79 Å². The largest absolute Gasteiger partial charge is 0.469 e. The minimum absolute atomic E-state index is 0. The fourth-order valence-electron chi connectivity index (χ4n) is 2.46. The number of benzene rings is 1. The molecule has 0 aliphatic rings. The van der Waals surface area contributed by atoms with Gasteiger partial charge in [0.25, 0.3) is 0 Å². The number of halogens is 1. The lowest BCUT2D eigenvalue weighted by atomic mass is 10.1. The molecule has 0 saturated carbocycles. The van der Waals surface area contributed by atoms with Crippen molar-refractivity contribution in [3.63, 3.8) is 0 Å². The number of carbonyl (C=O) groups excluding carboxylic acids is 1. The van der Waals surface area contributed by atoms with E-state index in [9.17, 15) is 4.79 Å². The van der Waals surface area contributed by atoms with Crippen LogP contribution in [0.1, 0.15) is 36.0 Å². The average molecular weight is 447 g/mol. The van der Waals surface area contributed by atoms with Gasteiger partial charge in [0.1, 0.15) is 0 Å². The smallest absolute Gasteiger partial charge is 0.305 e. The van der Waals surface area contributed by atoms with Crippen LogP contribution in [0.25, 0.3) is 0 Å². The third kappa shape index (κ3) is 9.75. The van der Waals surface area contributed by atoms with Crippen molar-refractivity contribution in [3.05, 3.63) is 34.9 Å². The van der Waals surface area contributed by atoms with E-state index in [1.54, 1.807) is 7.05 Å². The molecule has 0 aromatic heterocycles. The Labute approximate surface area is 162 Å². The summed E-state index contributed by atoms with van der Waals surface area (Å²) in [5.74, 6) is 0.647. The summed E-state index contributed by atoms with van der Waals surface area (Å²) in [6, 6.07) is 6.63. The molecule has 0 saturated heterocycles. The van der Waals surface area contributed by atoms with Crippen molar-refractivity contribution in [2.75, 3.05) is 27.2 Å². The predicted octanol–water partition coefficient (Wildman–Crippen LogP) is 2.97. The van der Waals surface area contributed by atoms with Crippen LogP contribution in [0.2, 0.25) is 0 Å². The van der Waals surface area contributed by atoms with E-state index in [4.69, 9.17) is 0 Å². The molecule has 0 heterocycles. The van der Waals surface area contributed by atoms with Gasteiger partial charge in [0.15, 0.2) is 5.96 Å². The Bertz CT molecular complexity index is 513. The van der Waals surface area contributed by atoms with Crippen molar-refractivity contribution in [1.29, 1.82) is 0 Å². The summed E-state index contributed by atoms with van der Waals surface area (Å²) in [4.78, 5) is 15.2. The quantitative estimate of drug-likeness (QED) is 0.212. The highest BCUT2D eigenvalue weighted by Gasteiger charge is 2.01. The number of nitrogens with zero attached hydrogens (tertiary/aromatic N) is 1. The lowest BCUT2D eigenvalue weighted by molar-refractivity contribution is -0.140. The normalized spacial score (nSPS) is 10.8. The molecule has 0 aliphatic heterocycles. The number of guanidine groups is 1. The van der Waals surface area contributed by atoms with Crippen LogP contribution in [0.15, 0.2) is 23.2 Å². The van der Waals surface area contributed by atoms with Crippen molar-refractivity contribution >= 4 is 35.9 Å². The zero-order valence-electron chi connectivity index (χ0n) is 15.1. The van der Waals surface area contributed by atoms with Crippen LogP contribution >= 0.6 is 24.0 Å². The monoisotopic (exact) mass is 447 g/mol. The van der Waals surface area contributed by atoms with E-state index in [-0.39, 0.29) is 29.9 Å². The topological polar surface area (TPSA) is 62.7 Å². The number of rotatable bonds is 8. The molecular weight excluding hydrogens is 417 g/mol. The summed E-state index contributed by atoms with van der Waals surface area (Å²) >= 11 is 0. The van der Waals surface area contributed by atoms with Crippen LogP contribution in [0.3, 0.4) is 0 Å². The first-order valence-corrected chi connectivity index (χ1v) is 8.13. The highest BCUT2D eigenvalue weighted by Crippen LogP contribution is 2.08. The molecule has 1 aromatic rings. The third-order valence-electron chi connectivity index (χ3n) is 3.54. The first-order valence-electron chi connectivity index (χ1n) is 8.13. The second-order valence-electron chi connectivity index (χ2n) is 5.70. The molecule has 136 valence electrons. The number of esters is 1. The van der Waals surface area contributed by atoms with Crippen molar-refractivity contribution in [2.24, 2.45) is 4.99 Å². The molecule has 1 rings (SSSR count). The number of aliphatic imine (C=N–C) groups is 1. The fourth-order valence-corrected chi connectivity index (χ4v) is 2.46. The van der Waals surface area contributed by atoms with Crippen LogP contribution in [0.5, 0.6) is 0 Å². The van der Waals surface area contributed by atoms with Crippen molar-refractivity contribution in [1.82, 2.24) is 10.6 Å². The summed E-state index contributed by atoms with van der Waals surface area (Å²) in [6.07, 6.45) is 3.16. The Morgan fingerprint density at radius 2 is 1.71 bits per heavy atom. The summed E-state index contributed by atoms with van der Waals surface area (Å²) < 4.78 is 4.62. The van der Waals surface area contributed by atoms with E-state index < -0.39 is 0 Å². The van der Waals surface area contributed by atoms with Crippen LogP contribution in [0.4, 0.5) is 0 Å². The fraction of sp³-hybridized carbons (Fsp3) is 0.556. The molecule has 0 atom stereocenters. The molecule has 0 aliphatic carbocycles. The minimum Gasteiger partial charge on any atom is -0.469 e. The number of unbranched alkanes of at least 4 members (excludes halogenated alkanes) is 1. The maximum Gasteiger partial charge on any atom is 0.305 e. The Morgan fingerprint density at radius 1 is 1.08 bits per heavy atom. The number of carbonyl (C=O) groups is 1. The summed E-state index contributed by atoms with van der Waals surface area (Å²) in [7, 11) is 3.18. The van der Waals surface area contributed by atoms with Gasteiger partial charge < -0.3 is 15.4 Å². The number of hydrogen-bond donors (Lipinski definition) is 2. The van der Waals surface area contributed by atoms with Gasteiger partial charge in [-0.25, -0.2) is 0 Å². The molecule has 24 heavy (non-hydrogen) atoms. The standard InChI is InChI=1S/C18H29N3O2.HI/c1-14-11-15(2)13-16(12-14)8-10-21-18(19-3)20-9-6-5-7-17(22)23-4;/h11-13H,5-10H2,1-4H3,(H2,19,20,21);1H. The molecule has 0 unspecified atom stereocenters. The summed E-state index contributed by atoms with van der Waals surface area (Å²) in [5, 5.41) is 6.57. The van der Waals surface area contributed by atoms with Gasteiger partial charge in [0, 0.05) is 26.6 Å². The minimum atomic E-state index is -0.152. The first-order chi connectivity index (χ1) is 11.0. The molecule has 0 radical (unpaired) electrons. The maximum absolute atomic E-state index is 11.0. The molecule has 0 bridgehead atoms. The molecule has 0 fully saturated rings. The van der Waals surface area contributed by atoms with E-state index in [0.29, 0.717) is 6.42 Å².